The van der Waals surface area contributed by atoms with Crippen molar-refractivity contribution in [3.05, 3.63) is 58.5 Å². The van der Waals surface area contributed by atoms with Crippen molar-refractivity contribution in [1.29, 1.82) is 0 Å². The standard InChI is InChI=1S/C20H24FN5O/c1-3-8-26-13-15(4-5-19(26)27)23-11-14(10-22)16-12-24-18(9-17(16)21)25-20(2)6-7-20/h4-5,9-13H,3,6-8,22H2,1-2H3,(H,24,25). The highest BCUT2D eigenvalue weighted by Crippen LogP contribution is 2.37. The van der Waals surface area contributed by atoms with Gasteiger partial charge in [0.05, 0.1) is 5.69 Å². The van der Waals surface area contributed by atoms with Gasteiger partial charge in [0.1, 0.15) is 11.6 Å². The first-order valence-electron chi connectivity index (χ1n) is 9.05. The summed E-state index contributed by atoms with van der Waals surface area (Å²) in [6.45, 7) is 4.69. The number of aromatic nitrogens is 2. The van der Waals surface area contributed by atoms with Crippen LogP contribution in [-0.4, -0.2) is 21.3 Å². The number of hydrogen-bond donors (Lipinski definition) is 2. The molecule has 7 heteroatoms. The molecular weight excluding hydrogens is 345 g/mol. The number of hydrogen-bond acceptors (Lipinski definition) is 5. The number of halogens is 1. The molecule has 0 aliphatic heterocycles. The minimum absolute atomic E-state index is 0.0243. The molecule has 3 rings (SSSR count). The Morgan fingerprint density at radius 2 is 2.26 bits per heavy atom. The summed E-state index contributed by atoms with van der Waals surface area (Å²) in [6, 6.07) is 4.46. The van der Waals surface area contributed by atoms with Crippen molar-refractivity contribution in [1.82, 2.24) is 9.55 Å². The summed E-state index contributed by atoms with van der Waals surface area (Å²) in [6.07, 6.45) is 8.85. The largest absolute Gasteiger partial charge is 0.404 e. The molecule has 3 N–H and O–H groups in total. The van der Waals surface area contributed by atoms with Gasteiger partial charge in [-0.2, -0.15) is 0 Å². The van der Waals surface area contributed by atoms with E-state index in [0.29, 0.717) is 23.6 Å². The second-order valence-electron chi connectivity index (χ2n) is 7.03. The van der Waals surface area contributed by atoms with E-state index >= 15 is 0 Å². The number of rotatable bonds is 7. The SMILES string of the molecule is CCCn1cc(N=CC(=CN)c2cnc(NC3(C)CC3)cc2F)ccc1=O. The number of pyridine rings is 2. The average molecular weight is 369 g/mol. The van der Waals surface area contributed by atoms with Crippen LogP contribution >= 0.6 is 0 Å². The van der Waals surface area contributed by atoms with Crippen LogP contribution in [0.2, 0.25) is 0 Å². The van der Waals surface area contributed by atoms with Crippen LogP contribution in [0.4, 0.5) is 15.9 Å². The second kappa shape index (κ2) is 7.73. The van der Waals surface area contributed by atoms with Crippen LogP contribution in [0.15, 0.2) is 46.6 Å². The molecule has 0 aromatic carbocycles. The lowest BCUT2D eigenvalue weighted by molar-refractivity contribution is 0.622. The molecule has 2 aromatic rings. The molecule has 27 heavy (non-hydrogen) atoms. The number of allylic oxidation sites excluding steroid dienone is 1. The zero-order chi connectivity index (χ0) is 19.4. The van der Waals surface area contributed by atoms with E-state index in [4.69, 9.17) is 5.73 Å². The van der Waals surface area contributed by atoms with Gasteiger partial charge in [0, 0.05) is 60.2 Å². The second-order valence-corrected chi connectivity index (χ2v) is 7.03. The van der Waals surface area contributed by atoms with Gasteiger partial charge in [-0.25, -0.2) is 9.37 Å². The topological polar surface area (TPSA) is 85.3 Å². The third kappa shape index (κ3) is 4.61. The average Bonchev–Trinajstić information content (AvgIpc) is 3.36. The third-order valence-corrected chi connectivity index (χ3v) is 4.56. The van der Waals surface area contributed by atoms with E-state index in [1.54, 1.807) is 16.8 Å². The quantitative estimate of drug-likeness (QED) is 0.732. The number of anilines is 1. The van der Waals surface area contributed by atoms with E-state index in [1.807, 2.05) is 6.92 Å². The van der Waals surface area contributed by atoms with Gasteiger partial charge < -0.3 is 15.6 Å². The molecule has 0 amide bonds. The first-order chi connectivity index (χ1) is 12.9. The summed E-state index contributed by atoms with van der Waals surface area (Å²) < 4.78 is 16.1. The molecule has 1 saturated carbocycles. The normalized spacial score (nSPS) is 15.9. The van der Waals surface area contributed by atoms with Crippen LogP contribution in [0.25, 0.3) is 5.57 Å². The maximum atomic E-state index is 14.5. The zero-order valence-corrected chi connectivity index (χ0v) is 15.6. The van der Waals surface area contributed by atoms with Gasteiger partial charge in [-0.05, 0) is 32.3 Å². The van der Waals surface area contributed by atoms with E-state index in [0.717, 1.165) is 19.3 Å². The van der Waals surface area contributed by atoms with E-state index in [9.17, 15) is 9.18 Å². The molecule has 0 bridgehead atoms. The fourth-order valence-corrected chi connectivity index (χ4v) is 2.69. The zero-order valence-electron chi connectivity index (χ0n) is 15.6. The Bertz CT molecular complexity index is 944. The fourth-order valence-electron chi connectivity index (χ4n) is 2.69. The first-order valence-corrected chi connectivity index (χ1v) is 9.05. The van der Waals surface area contributed by atoms with Crippen LogP contribution in [0.3, 0.4) is 0 Å². The van der Waals surface area contributed by atoms with Crippen molar-refractivity contribution in [2.45, 2.75) is 45.2 Å². The Labute approximate surface area is 157 Å². The van der Waals surface area contributed by atoms with Crippen LogP contribution in [0.1, 0.15) is 38.7 Å². The fraction of sp³-hybridized carbons (Fsp3) is 0.350. The van der Waals surface area contributed by atoms with E-state index in [2.05, 4.69) is 22.2 Å². The summed E-state index contributed by atoms with van der Waals surface area (Å²) in [7, 11) is 0. The highest BCUT2D eigenvalue weighted by atomic mass is 19.1. The van der Waals surface area contributed by atoms with Crippen molar-refractivity contribution >= 4 is 23.3 Å². The molecule has 0 atom stereocenters. The van der Waals surface area contributed by atoms with Gasteiger partial charge in [-0.3, -0.25) is 9.79 Å². The molecule has 2 heterocycles. The minimum atomic E-state index is -0.421. The third-order valence-electron chi connectivity index (χ3n) is 4.56. The van der Waals surface area contributed by atoms with Crippen LogP contribution in [0, 0.1) is 5.82 Å². The van der Waals surface area contributed by atoms with Crippen molar-refractivity contribution in [3.63, 3.8) is 0 Å². The maximum Gasteiger partial charge on any atom is 0.250 e. The van der Waals surface area contributed by atoms with E-state index in [-0.39, 0.29) is 16.7 Å². The van der Waals surface area contributed by atoms with Crippen LogP contribution in [-0.2, 0) is 6.54 Å². The molecule has 1 fully saturated rings. The lowest BCUT2D eigenvalue weighted by Gasteiger charge is -2.13. The van der Waals surface area contributed by atoms with Crippen molar-refractivity contribution in [2.24, 2.45) is 10.7 Å². The number of nitrogens with one attached hydrogen (secondary N) is 1. The molecule has 0 spiro atoms. The molecule has 142 valence electrons. The van der Waals surface area contributed by atoms with Gasteiger partial charge in [-0.1, -0.05) is 6.92 Å². The lowest BCUT2D eigenvalue weighted by Crippen LogP contribution is -2.17. The molecular formula is C20H24FN5O. The highest BCUT2D eigenvalue weighted by molar-refractivity contribution is 6.10. The molecule has 0 unspecified atom stereocenters. The minimum Gasteiger partial charge on any atom is -0.404 e. The number of nitrogens with zero attached hydrogens (tertiary/aromatic N) is 3. The maximum absolute atomic E-state index is 14.5. The number of aryl methyl sites for hydroxylation is 1. The van der Waals surface area contributed by atoms with Crippen molar-refractivity contribution in [2.75, 3.05) is 5.32 Å². The van der Waals surface area contributed by atoms with Gasteiger partial charge in [-0.15, -0.1) is 0 Å². The Morgan fingerprint density at radius 3 is 2.89 bits per heavy atom. The predicted molar refractivity (Wildman–Crippen MR) is 107 cm³/mol. The van der Waals surface area contributed by atoms with Crippen LogP contribution in [0.5, 0.6) is 0 Å². The molecule has 1 aliphatic rings. The van der Waals surface area contributed by atoms with Gasteiger partial charge >= 0.3 is 0 Å². The smallest absolute Gasteiger partial charge is 0.250 e. The molecule has 2 aromatic heterocycles. The summed E-state index contributed by atoms with van der Waals surface area (Å²) in [4.78, 5) is 20.4. The highest BCUT2D eigenvalue weighted by Gasteiger charge is 2.37. The molecule has 6 nitrogen and oxygen atoms in total. The summed E-state index contributed by atoms with van der Waals surface area (Å²) >= 11 is 0. The summed E-state index contributed by atoms with van der Waals surface area (Å²) in [5, 5.41) is 3.23. The Hall–Kier alpha value is -2.96. The van der Waals surface area contributed by atoms with Crippen molar-refractivity contribution < 1.29 is 4.39 Å². The van der Waals surface area contributed by atoms with Gasteiger partial charge in [0.2, 0.25) is 0 Å². The Balaban J connectivity index is 1.80. The number of nitrogens with two attached hydrogens (primary N) is 1. The van der Waals surface area contributed by atoms with E-state index in [1.165, 1.54) is 30.7 Å². The Kier molecular flexibility index (Phi) is 5.39. The summed E-state index contributed by atoms with van der Waals surface area (Å²) in [5.74, 6) is 0.0899. The predicted octanol–water partition coefficient (Wildman–Crippen LogP) is 3.46. The van der Waals surface area contributed by atoms with Gasteiger partial charge in [0.25, 0.3) is 5.56 Å². The van der Waals surface area contributed by atoms with E-state index < -0.39 is 5.82 Å². The summed E-state index contributed by atoms with van der Waals surface area (Å²) in [5.41, 5.74) is 6.90. The first kappa shape index (κ1) is 18.8. The number of aliphatic imine (C=N–C) groups is 1. The van der Waals surface area contributed by atoms with Crippen LogP contribution < -0.4 is 16.6 Å². The van der Waals surface area contributed by atoms with Gasteiger partial charge in [0.15, 0.2) is 0 Å². The molecule has 1 aliphatic carbocycles. The molecule has 0 radical (unpaired) electrons. The molecule has 0 saturated heterocycles. The monoisotopic (exact) mass is 369 g/mol. The lowest BCUT2D eigenvalue weighted by atomic mass is 10.1. The van der Waals surface area contributed by atoms with Crippen molar-refractivity contribution in [3.8, 4) is 0 Å². The Morgan fingerprint density at radius 1 is 1.48 bits per heavy atom.